The van der Waals surface area contributed by atoms with Crippen molar-refractivity contribution in [3.63, 3.8) is 0 Å². The molecule has 0 spiro atoms. The van der Waals surface area contributed by atoms with Crippen LogP contribution in [0, 0.1) is 0 Å². The van der Waals surface area contributed by atoms with Gasteiger partial charge in [0, 0.05) is 29.9 Å². The van der Waals surface area contributed by atoms with E-state index in [2.05, 4.69) is 10.1 Å². The van der Waals surface area contributed by atoms with Gasteiger partial charge in [-0.05, 0) is 36.2 Å². The number of methoxy groups -OCH3 is 1. The van der Waals surface area contributed by atoms with E-state index in [0.29, 0.717) is 23.8 Å². The molecule has 7 heteroatoms. The average Bonchev–Trinajstić information content (AvgIpc) is 3.28. The molecule has 1 aliphatic heterocycles. The first-order valence-electron chi connectivity index (χ1n) is 10.6. The molecule has 158 valence electrons. The molecule has 0 saturated carbocycles. The summed E-state index contributed by atoms with van der Waals surface area (Å²) in [6, 6.07) is 17.6. The number of Topliss-reactive ketones (excluding diaryl/α,β-unsaturated/α-hetero) is 1. The van der Waals surface area contributed by atoms with Gasteiger partial charge in [0.1, 0.15) is 17.8 Å². The maximum atomic E-state index is 13.0. The van der Waals surface area contributed by atoms with Crippen molar-refractivity contribution in [2.24, 2.45) is 0 Å². The summed E-state index contributed by atoms with van der Waals surface area (Å²) in [6.07, 6.45) is 3.68. The Morgan fingerprint density at radius 1 is 1.06 bits per heavy atom. The Morgan fingerprint density at radius 2 is 1.88 bits per heavy atom. The van der Waals surface area contributed by atoms with Crippen molar-refractivity contribution < 1.29 is 14.3 Å². The fourth-order valence-corrected chi connectivity index (χ4v) is 4.56. The van der Waals surface area contributed by atoms with Gasteiger partial charge in [-0.25, -0.2) is 14.5 Å². The summed E-state index contributed by atoms with van der Waals surface area (Å²) in [5.74, 6) is 2.41. The fourth-order valence-electron chi connectivity index (χ4n) is 4.56. The molecule has 0 radical (unpaired) electrons. The minimum atomic E-state index is -0.285. The number of benzene rings is 2. The van der Waals surface area contributed by atoms with Gasteiger partial charge in [0.05, 0.1) is 12.7 Å². The quantitative estimate of drug-likeness (QED) is 0.487. The highest BCUT2D eigenvalue weighted by molar-refractivity contribution is 6.00. The van der Waals surface area contributed by atoms with Crippen LogP contribution in [0.5, 0.6) is 11.6 Å². The fraction of sp³-hybridized carbons (Fsp3) is 0.200. The zero-order valence-electron chi connectivity index (χ0n) is 17.5. The van der Waals surface area contributed by atoms with Crippen LogP contribution in [-0.2, 0) is 4.79 Å². The topological polar surface area (TPSA) is 78.6 Å². The van der Waals surface area contributed by atoms with Crippen molar-refractivity contribution in [2.75, 3.05) is 7.11 Å². The number of hydrogen-bond donors (Lipinski definition) is 0. The average molecular weight is 424 g/mol. The summed E-state index contributed by atoms with van der Waals surface area (Å²) in [4.78, 5) is 22.4. The first-order chi connectivity index (χ1) is 15.7. The smallest absolute Gasteiger partial charge is 0.228 e. The molecule has 6 rings (SSSR count). The van der Waals surface area contributed by atoms with Crippen molar-refractivity contribution in [1.82, 2.24) is 19.6 Å². The van der Waals surface area contributed by atoms with E-state index in [1.807, 2.05) is 54.6 Å². The largest absolute Gasteiger partial charge is 0.497 e. The van der Waals surface area contributed by atoms with Crippen LogP contribution >= 0.6 is 0 Å². The Labute approximate surface area is 184 Å². The predicted octanol–water partition coefficient (Wildman–Crippen LogP) is 4.33. The maximum Gasteiger partial charge on any atom is 0.228 e. The number of carbonyl (C=O) groups excluding carboxylic acids is 1. The standard InChI is InChI=1S/C25H20N4O3/c1-31-17-12-10-16(11-13-17)23-27-24-22-20(15-6-3-2-4-7-15)21-18(30)8-5-9-19(21)32-25(22)26-14-29(24)28-23/h2-4,6-7,10-14,20H,5,8-9H2,1H3/t20-/m0/s1. The van der Waals surface area contributed by atoms with Crippen molar-refractivity contribution in [1.29, 1.82) is 0 Å². The van der Waals surface area contributed by atoms with E-state index >= 15 is 0 Å². The summed E-state index contributed by atoms with van der Waals surface area (Å²) in [7, 11) is 1.63. The third-order valence-corrected chi connectivity index (χ3v) is 6.07. The lowest BCUT2D eigenvalue weighted by Gasteiger charge is -2.31. The van der Waals surface area contributed by atoms with Crippen LogP contribution in [0.4, 0.5) is 0 Å². The Kier molecular flexibility index (Phi) is 4.28. The summed E-state index contributed by atoms with van der Waals surface area (Å²) in [6.45, 7) is 0. The number of aromatic nitrogens is 4. The number of allylic oxidation sites excluding steroid dienone is 2. The molecule has 4 aromatic rings. The lowest BCUT2D eigenvalue weighted by molar-refractivity contribution is -0.116. The van der Waals surface area contributed by atoms with Crippen LogP contribution < -0.4 is 9.47 Å². The molecular formula is C25H20N4O3. The molecule has 2 aromatic heterocycles. The lowest BCUT2D eigenvalue weighted by atomic mass is 9.78. The van der Waals surface area contributed by atoms with Crippen LogP contribution in [0.3, 0.4) is 0 Å². The van der Waals surface area contributed by atoms with Gasteiger partial charge in [0.2, 0.25) is 5.88 Å². The van der Waals surface area contributed by atoms with Crippen LogP contribution in [0.1, 0.15) is 36.3 Å². The minimum Gasteiger partial charge on any atom is -0.497 e. The van der Waals surface area contributed by atoms with E-state index in [1.54, 1.807) is 18.0 Å². The molecule has 7 nitrogen and oxygen atoms in total. The summed E-state index contributed by atoms with van der Waals surface area (Å²) in [5.41, 5.74) is 4.02. The number of carbonyl (C=O) groups is 1. The number of ketones is 1. The molecule has 3 heterocycles. The molecule has 0 N–H and O–H groups in total. The predicted molar refractivity (Wildman–Crippen MR) is 118 cm³/mol. The molecule has 0 fully saturated rings. The highest BCUT2D eigenvalue weighted by atomic mass is 16.5. The second-order valence-electron chi connectivity index (χ2n) is 7.95. The van der Waals surface area contributed by atoms with Gasteiger partial charge >= 0.3 is 0 Å². The maximum absolute atomic E-state index is 13.0. The number of ether oxygens (including phenoxy) is 2. The van der Waals surface area contributed by atoms with E-state index in [4.69, 9.17) is 14.5 Å². The zero-order chi connectivity index (χ0) is 21.7. The third-order valence-electron chi connectivity index (χ3n) is 6.07. The van der Waals surface area contributed by atoms with Crippen molar-refractivity contribution in [2.45, 2.75) is 25.2 Å². The van der Waals surface area contributed by atoms with Crippen molar-refractivity contribution in [3.8, 4) is 23.0 Å². The summed E-state index contributed by atoms with van der Waals surface area (Å²) < 4.78 is 13.1. The molecule has 1 aliphatic carbocycles. The van der Waals surface area contributed by atoms with Crippen molar-refractivity contribution >= 4 is 11.4 Å². The van der Waals surface area contributed by atoms with Crippen molar-refractivity contribution in [3.05, 3.63) is 83.4 Å². The van der Waals surface area contributed by atoms with Gasteiger partial charge in [0.25, 0.3) is 0 Å². The number of rotatable bonds is 3. The second-order valence-corrected chi connectivity index (χ2v) is 7.95. The SMILES string of the molecule is COc1ccc(-c2nc3c4c(ncn3n2)OC2=C(C(=O)CCC2)[C@@H]4c2ccccc2)cc1. The Bertz CT molecular complexity index is 1370. The van der Waals surface area contributed by atoms with Gasteiger partial charge in [-0.1, -0.05) is 30.3 Å². The van der Waals surface area contributed by atoms with Crippen LogP contribution in [0.15, 0.2) is 72.3 Å². The van der Waals surface area contributed by atoms with Crippen LogP contribution in [0.25, 0.3) is 17.0 Å². The van der Waals surface area contributed by atoms with Crippen LogP contribution in [-0.4, -0.2) is 32.5 Å². The van der Waals surface area contributed by atoms with Gasteiger partial charge in [-0.3, -0.25) is 4.79 Å². The van der Waals surface area contributed by atoms with Gasteiger partial charge in [-0.15, -0.1) is 5.10 Å². The van der Waals surface area contributed by atoms with Gasteiger partial charge in [0.15, 0.2) is 17.3 Å². The monoisotopic (exact) mass is 424 g/mol. The summed E-state index contributed by atoms with van der Waals surface area (Å²) in [5, 5.41) is 4.64. The van der Waals surface area contributed by atoms with E-state index in [0.717, 1.165) is 46.6 Å². The molecule has 32 heavy (non-hydrogen) atoms. The van der Waals surface area contributed by atoms with Crippen LogP contribution in [0.2, 0.25) is 0 Å². The van der Waals surface area contributed by atoms with E-state index < -0.39 is 0 Å². The van der Waals surface area contributed by atoms with E-state index in [9.17, 15) is 4.79 Å². The Balaban J connectivity index is 1.57. The number of fused-ring (bicyclic) bond motifs is 3. The van der Waals surface area contributed by atoms with Gasteiger partial charge < -0.3 is 9.47 Å². The molecule has 2 aliphatic rings. The third kappa shape index (κ3) is 2.89. The highest BCUT2D eigenvalue weighted by Gasteiger charge is 2.39. The molecular weight excluding hydrogens is 404 g/mol. The lowest BCUT2D eigenvalue weighted by Crippen LogP contribution is -2.26. The van der Waals surface area contributed by atoms with Gasteiger partial charge in [-0.2, -0.15) is 0 Å². The minimum absolute atomic E-state index is 0.127. The first kappa shape index (κ1) is 18.7. The van der Waals surface area contributed by atoms with E-state index in [-0.39, 0.29) is 11.7 Å². The molecule has 0 bridgehead atoms. The number of nitrogens with zero attached hydrogens (tertiary/aromatic N) is 4. The highest BCUT2D eigenvalue weighted by Crippen LogP contribution is 2.47. The molecule has 1 atom stereocenters. The Hall–Kier alpha value is -4.00. The molecule has 0 amide bonds. The molecule has 0 saturated heterocycles. The summed E-state index contributed by atoms with van der Waals surface area (Å²) >= 11 is 0. The van der Waals surface area contributed by atoms with E-state index in [1.165, 1.54) is 0 Å². The Morgan fingerprint density at radius 3 is 2.66 bits per heavy atom. The molecule has 0 unspecified atom stereocenters. The number of hydrogen-bond acceptors (Lipinski definition) is 6. The normalized spacial score (nSPS) is 17.7. The zero-order valence-corrected chi connectivity index (χ0v) is 17.5. The first-order valence-corrected chi connectivity index (χ1v) is 10.6. The molecule has 2 aromatic carbocycles. The second kappa shape index (κ2) is 7.30.